The number of hydrogen-bond acceptors (Lipinski definition) is 3. The Morgan fingerprint density at radius 2 is 2.00 bits per heavy atom. The van der Waals surface area contributed by atoms with Gasteiger partial charge in [-0.05, 0) is 103 Å². The fourth-order valence-electron chi connectivity index (χ4n) is 8.89. The average Bonchev–Trinajstić information content (AvgIpc) is 3.33. The van der Waals surface area contributed by atoms with Gasteiger partial charge in [0.05, 0.1) is 11.2 Å². The molecule has 2 saturated carbocycles. The lowest BCUT2D eigenvalue weighted by atomic mass is 9.58. The molecule has 7 rings (SSSR count). The average molecular weight is 455 g/mol. The SMILES string of the molecule is CC(C)NC1CCC2=CC3=CC[C@]4(C)[C@@H](c5ccc6ccncc6c5)CC[C@H]4[C@@]34CC[C@]2(C1)O4. The van der Waals surface area contributed by atoms with E-state index < -0.39 is 0 Å². The van der Waals surface area contributed by atoms with Gasteiger partial charge in [0.2, 0.25) is 0 Å². The molecule has 1 saturated heterocycles. The monoisotopic (exact) mass is 454 g/mol. The molecule has 34 heavy (non-hydrogen) atoms. The standard InChI is InChI=1S/C31H38N2O/c1-20(2)33-26-7-6-24-17-25-10-12-29(3)27(22-5-4-21-11-15-32-19-23(21)16-22)8-9-28(29)31(25)14-13-30(24,18-26)34-31/h4-5,10-11,15-17,19-20,26-28,33H,6-9,12-14,18H2,1-3H3/t26?,27-,28-,29-,30-,31-/m1/s1. The predicted molar refractivity (Wildman–Crippen MR) is 138 cm³/mol. The van der Waals surface area contributed by atoms with Crippen LogP contribution in [0.4, 0.5) is 0 Å². The molecule has 178 valence electrons. The molecule has 1 unspecified atom stereocenters. The first kappa shape index (κ1) is 21.3. The zero-order chi connectivity index (χ0) is 23.1. The molecule has 3 nitrogen and oxygen atoms in total. The van der Waals surface area contributed by atoms with E-state index >= 15 is 0 Å². The molecule has 2 spiro atoms. The molecule has 3 fully saturated rings. The summed E-state index contributed by atoms with van der Waals surface area (Å²) in [7, 11) is 0. The minimum Gasteiger partial charge on any atom is -0.359 e. The van der Waals surface area contributed by atoms with Crippen LogP contribution in [0.5, 0.6) is 0 Å². The zero-order valence-electron chi connectivity index (χ0n) is 20.9. The number of nitrogens with one attached hydrogen (secondary N) is 1. The second-order valence-corrected chi connectivity index (χ2v) is 12.5. The molecule has 1 aromatic heterocycles. The van der Waals surface area contributed by atoms with Crippen LogP contribution in [0.2, 0.25) is 0 Å². The van der Waals surface area contributed by atoms with E-state index in [9.17, 15) is 0 Å². The van der Waals surface area contributed by atoms with Crippen LogP contribution in [0.15, 0.2) is 60.0 Å². The van der Waals surface area contributed by atoms with Gasteiger partial charge in [-0.15, -0.1) is 0 Å². The molecule has 0 radical (unpaired) electrons. The van der Waals surface area contributed by atoms with Gasteiger partial charge in [-0.2, -0.15) is 0 Å². The van der Waals surface area contributed by atoms with E-state index in [0.717, 1.165) is 6.42 Å². The normalized spacial score (nSPS) is 40.5. The molecule has 1 N–H and O–H groups in total. The van der Waals surface area contributed by atoms with Crippen molar-refractivity contribution in [2.24, 2.45) is 11.3 Å². The molecule has 2 bridgehead atoms. The topological polar surface area (TPSA) is 34.2 Å². The van der Waals surface area contributed by atoms with E-state index in [2.05, 4.69) is 67.5 Å². The lowest BCUT2D eigenvalue weighted by Gasteiger charge is -2.54. The quantitative estimate of drug-likeness (QED) is 0.551. The highest BCUT2D eigenvalue weighted by atomic mass is 16.5. The maximum atomic E-state index is 7.44. The summed E-state index contributed by atoms with van der Waals surface area (Å²) in [6.45, 7) is 7.12. The van der Waals surface area contributed by atoms with Crippen LogP contribution in [0.3, 0.4) is 0 Å². The molecule has 3 heterocycles. The second kappa shape index (κ2) is 7.27. The second-order valence-electron chi connectivity index (χ2n) is 12.5. The Kier molecular flexibility index (Phi) is 4.56. The molecule has 1 aromatic carbocycles. The van der Waals surface area contributed by atoms with Crippen molar-refractivity contribution >= 4 is 10.8 Å². The Hall–Kier alpha value is -1.97. The number of hydrogen-bond donors (Lipinski definition) is 1. The van der Waals surface area contributed by atoms with Gasteiger partial charge in [0.25, 0.3) is 0 Å². The maximum absolute atomic E-state index is 7.44. The van der Waals surface area contributed by atoms with E-state index in [1.165, 1.54) is 66.9 Å². The van der Waals surface area contributed by atoms with E-state index in [-0.39, 0.29) is 16.6 Å². The van der Waals surface area contributed by atoms with Crippen LogP contribution >= 0.6 is 0 Å². The van der Waals surface area contributed by atoms with Crippen molar-refractivity contribution in [3.8, 4) is 0 Å². The Bertz CT molecular complexity index is 1210. The maximum Gasteiger partial charge on any atom is 0.0974 e. The third-order valence-corrected chi connectivity index (χ3v) is 10.3. The van der Waals surface area contributed by atoms with Gasteiger partial charge in [0.15, 0.2) is 0 Å². The van der Waals surface area contributed by atoms with Gasteiger partial charge in [-0.3, -0.25) is 4.98 Å². The van der Waals surface area contributed by atoms with Crippen molar-refractivity contribution in [1.29, 1.82) is 0 Å². The lowest BCUT2D eigenvalue weighted by molar-refractivity contribution is -0.136. The fourth-order valence-corrected chi connectivity index (χ4v) is 8.89. The zero-order valence-corrected chi connectivity index (χ0v) is 20.9. The number of benzene rings is 1. The van der Waals surface area contributed by atoms with Crippen molar-refractivity contribution in [3.05, 3.63) is 65.5 Å². The molecule has 6 atom stereocenters. The molecular weight excluding hydrogens is 416 g/mol. The smallest absolute Gasteiger partial charge is 0.0974 e. The highest BCUT2D eigenvalue weighted by Crippen LogP contribution is 2.69. The van der Waals surface area contributed by atoms with Gasteiger partial charge in [0.1, 0.15) is 0 Å². The van der Waals surface area contributed by atoms with E-state index in [1.54, 1.807) is 5.57 Å². The van der Waals surface area contributed by atoms with Crippen LogP contribution in [0, 0.1) is 11.3 Å². The summed E-state index contributed by atoms with van der Waals surface area (Å²) >= 11 is 0. The Morgan fingerprint density at radius 3 is 2.88 bits per heavy atom. The minimum atomic E-state index is -0.0661. The summed E-state index contributed by atoms with van der Waals surface area (Å²) in [5, 5.41) is 6.39. The number of rotatable bonds is 3. The van der Waals surface area contributed by atoms with Gasteiger partial charge in [0, 0.05) is 29.9 Å². The van der Waals surface area contributed by atoms with Crippen LogP contribution in [0.1, 0.15) is 83.6 Å². The Morgan fingerprint density at radius 1 is 1.09 bits per heavy atom. The van der Waals surface area contributed by atoms with Crippen molar-refractivity contribution < 1.29 is 4.74 Å². The molecule has 2 aromatic rings. The molecule has 0 amide bonds. The van der Waals surface area contributed by atoms with Crippen LogP contribution in [-0.4, -0.2) is 28.3 Å². The number of ether oxygens (including phenoxy) is 1. The van der Waals surface area contributed by atoms with Crippen LogP contribution < -0.4 is 5.32 Å². The lowest BCUT2D eigenvalue weighted by Crippen LogP contribution is -2.55. The molecule has 2 aliphatic heterocycles. The summed E-state index contributed by atoms with van der Waals surface area (Å²) in [5.74, 6) is 1.19. The Balaban J connectivity index is 1.25. The number of aromatic nitrogens is 1. The van der Waals surface area contributed by atoms with E-state index in [0.29, 0.717) is 23.9 Å². The minimum absolute atomic E-state index is 0.0207. The van der Waals surface area contributed by atoms with Crippen molar-refractivity contribution in [2.75, 3.05) is 0 Å². The van der Waals surface area contributed by atoms with Crippen LogP contribution in [-0.2, 0) is 4.74 Å². The molecule has 5 aliphatic rings. The summed E-state index contributed by atoms with van der Waals surface area (Å²) in [4.78, 5) is 4.38. The summed E-state index contributed by atoms with van der Waals surface area (Å²) < 4.78 is 7.44. The largest absolute Gasteiger partial charge is 0.359 e. The first-order valence-corrected chi connectivity index (χ1v) is 13.6. The summed E-state index contributed by atoms with van der Waals surface area (Å²) in [6, 6.07) is 10.3. The molecule has 3 heteroatoms. The first-order valence-electron chi connectivity index (χ1n) is 13.6. The third-order valence-electron chi connectivity index (χ3n) is 10.3. The van der Waals surface area contributed by atoms with Crippen molar-refractivity contribution in [2.45, 2.75) is 101 Å². The number of nitrogens with zero attached hydrogens (tertiary/aromatic N) is 1. The summed E-state index contributed by atoms with van der Waals surface area (Å²) in [5.41, 5.74) is 4.78. The van der Waals surface area contributed by atoms with E-state index in [4.69, 9.17) is 4.74 Å². The Labute approximate surface area is 204 Å². The number of fused-ring (bicyclic) bond motifs is 2. The third kappa shape index (κ3) is 2.86. The summed E-state index contributed by atoms with van der Waals surface area (Å²) in [6.07, 6.45) is 18.8. The van der Waals surface area contributed by atoms with Crippen molar-refractivity contribution in [1.82, 2.24) is 10.3 Å². The predicted octanol–water partition coefficient (Wildman–Crippen LogP) is 6.84. The number of allylic oxidation sites excluding steroid dienone is 1. The van der Waals surface area contributed by atoms with Gasteiger partial charge in [-0.1, -0.05) is 45.1 Å². The van der Waals surface area contributed by atoms with Gasteiger partial charge in [-0.25, -0.2) is 0 Å². The highest BCUT2D eigenvalue weighted by Gasteiger charge is 2.66. The first-order chi connectivity index (χ1) is 16.4. The highest BCUT2D eigenvalue weighted by molar-refractivity contribution is 5.82. The van der Waals surface area contributed by atoms with E-state index in [1.807, 2.05) is 12.4 Å². The molecular formula is C31H38N2O. The van der Waals surface area contributed by atoms with Gasteiger partial charge >= 0.3 is 0 Å². The van der Waals surface area contributed by atoms with Gasteiger partial charge < -0.3 is 10.1 Å². The molecule has 3 aliphatic carbocycles. The fraction of sp³-hybridized carbons (Fsp3) is 0.581. The van der Waals surface area contributed by atoms with Crippen molar-refractivity contribution in [3.63, 3.8) is 0 Å². The number of pyridine rings is 1. The van der Waals surface area contributed by atoms with Crippen LogP contribution in [0.25, 0.3) is 10.8 Å².